The standard InChI is InChI=1S/C30H35FN6O/c1-3-8-21-18-37(16-14-32-21)29-25-17-33-27(24-13-6-10-20-9-4-5-12-23(20)24)26(31)28(25)34-30(35-29)38-19-22-11-7-15-36(22)2/h4-6,9-10,12-13,17,21-22,32H,3,7-8,11,14-16,18-19H2,1-2H3/t21?,22-/m0/s1. The molecule has 2 aromatic carbocycles. The third kappa shape index (κ3) is 4.78. The highest BCUT2D eigenvalue weighted by Gasteiger charge is 2.27. The SMILES string of the molecule is CCCC1CN(c2nc(OC[C@@H]3CCCN3C)nc3c(F)c(-c4cccc5ccccc45)ncc23)CCN1. The minimum absolute atomic E-state index is 0.229. The molecular formula is C30H35FN6O. The molecule has 0 radical (unpaired) electrons. The molecule has 1 unspecified atom stereocenters. The lowest BCUT2D eigenvalue weighted by Gasteiger charge is -2.35. The summed E-state index contributed by atoms with van der Waals surface area (Å²) in [5.41, 5.74) is 1.31. The molecule has 6 rings (SSSR count). The van der Waals surface area contributed by atoms with Crippen LogP contribution in [0.4, 0.5) is 10.2 Å². The van der Waals surface area contributed by atoms with Gasteiger partial charge in [-0.2, -0.15) is 9.97 Å². The molecule has 2 atom stereocenters. The number of pyridine rings is 1. The number of fused-ring (bicyclic) bond motifs is 2. The first-order valence-electron chi connectivity index (χ1n) is 13.8. The van der Waals surface area contributed by atoms with E-state index in [-0.39, 0.29) is 11.5 Å². The maximum absolute atomic E-state index is 16.4. The Labute approximate surface area is 223 Å². The van der Waals surface area contributed by atoms with Crippen LogP contribution in [-0.4, -0.2) is 71.8 Å². The Morgan fingerprint density at radius 1 is 1.08 bits per heavy atom. The van der Waals surface area contributed by atoms with Crippen LogP contribution in [0, 0.1) is 5.82 Å². The van der Waals surface area contributed by atoms with Gasteiger partial charge in [0, 0.05) is 43.5 Å². The molecule has 2 aromatic heterocycles. The van der Waals surface area contributed by atoms with Gasteiger partial charge in [0.15, 0.2) is 5.82 Å². The summed E-state index contributed by atoms with van der Waals surface area (Å²) >= 11 is 0. The average Bonchev–Trinajstić information content (AvgIpc) is 3.36. The van der Waals surface area contributed by atoms with Crippen LogP contribution in [0.25, 0.3) is 32.9 Å². The summed E-state index contributed by atoms with van der Waals surface area (Å²) in [5.74, 6) is 0.258. The highest BCUT2D eigenvalue weighted by atomic mass is 19.1. The molecule has 4 aromatic rings. The molecule has 2 saturated heterocycles. The Morgan fingerprint density at radius 3 is 2.79 bits per heavy atom. The zero-order valence-corrected chi connectivity index (χ0v) is 22.2. The quantitative estimate of drug-likeness (QED) is 0.371. The number of benzene rings is 2. The van der Waals surface area contributed by atoms with E-state index in [9.17, 15) is 0 Å². The van der Waals surface area contributed by atoms with Gasteiger partial charge in [0.2, 0.25) is 0 Å². The smallest absolute Gasteiger partial charge is 0.319 e. The fourth-order valence-corrected chi connectivity index (χ4v) is 5.87. The number of rotatable bonds is 7. The van der Waals surface area contributed by atoms with E-state index in [1.54, 1.807) is 6.20 Å². The third-order valence-electron chi connectivity index (χ3n) is 7.96. The highest BCUT2D eigenvalue weighted by molar-refractivity contribution is 5.99. The van der Waals surface area contributed by atoms with Crippen molar-refractivity contribution in [3.05, 3.63) is 54.5 Å². The number of nitrogens with one attached hydrogen (secondary N) is 1. The maximum atomic E-state index is 16.4. The Balaban J connectivity index is 1.45. The second-order valence-corrected chi connectivity index (χ2v) is 10.5. The topological polar surface area (TPSA) is 66.4 Å². The van der Waals surface area contributed by atoms with Gasteiger partial charge in [0.05, 0.1) is 5.39 Å². The maximum Gasteiger partial charge on any atom is 0.319 e. The van der Waals surface area contributed by atoms with E-state index < -0.39 is 5.82 Å². The minimum Gasteiger partial charge on any atom is -0.462 e. The molecule has 38 heavy (non-hydrogen) atoms. The largest absolute Gasteiger partial charge is 0.462 e. The predicted octanol–water partition coefficient (Wildman–Crippen LogP) is 5.04. The van der Waals surface area contributed by atoms with Gasteiger partial charge in [0.1, 0.15) is 23.6 Å². The number of piperazine rings is 1. The summed E-state index contributed by atoms with van der Waals surface area (Å²) < 4.78 is 22.5. The monoisotopic (exact) mass is 514 g/mol. The zero-order valence-electron chi connectivity index (χ0n) is 22.2. The summed E-state index contributed by atoms with van der Waals surface area (Å²) in [4.78, 5) is 18.6. The van der Waals surface area contributed by atoms with Crippen LogP contribution >= 0.6 is 0 Å². The molecule has 2 aliphatic rings. The second-order valence-electron chi connectivity index (χ2n) is 10.5. The van der Waals surface area contributed by atoms with Gasteiger partial charge in [-0.25, -0.2) is 4.39 Å². The van der Waals surface area contributed by atoms with Gasteiger partial charge >= 0.3 is 6.01 Å². The van der Waals surface area contributed by atoms with Crippen molar-refractivity contribution in [2.75, 3.05) is 44.7 Å². The molecule has 1 N–H and O–H groups in total. The van der Waals surface area contributed by atoms with Crippen molar-refractivity contribution in [1.82, 2.24) is 25.2 Å². The van der Waals surface area contributed by atoms with Crippen LogP contribution in [0.1, 0.15) is 32.6 Å². The van der Waals surface area contributed by atoms with Crippen molar-refractivity contribution in [2.24, 2.45) is 0 Å². The molecular weight excluding hydrogens is 479 g/mol. The first-order chi connectivity index (χ1) is 18.6. The number of halogens is 1. The van der Waals surface area contributed by atoms with E-state index in [1.807, 2.05) is 42.5 Å². The molecule has 8 heteroatoms. The lowest BCUT2D eigenvalue weighted by molar-refractivity contribution is 0.188. The van der Waals surface area contributed by atoms with Crippen LogP contribution < -0.4 is 15.0 Å². The number of ether oxygens (including phenoxy) is 1. The number of likely N-dealkylation sites (N-methyl/N-ethyl adjacent to an activating group) is 1. The van der Waals surface area contributed by atoms with E-state index >= 15 is 4.39 Å². The Kier molecular flexibility index (Phi) is 7.08. The second kappa shape index (κ2) is 10.8. The molecule has 0 spiro atoms. The highest BCUT2D eigenvalue weighted by Crippen LogP contribution is 2.35. The molecule has 4 heterocycles. The van der Waals surface area contributed by atoms with E-state index in [0.29, 0.717) is 35.6 Å². The molecule has 0 saturated carbocycles. The summed E-state index contributed by atoms with van der Waals surface area (Å²) in [6, 6.07) is 14.8. The molecule has 0 aliphatic carbocycles. The molecule has 7 nitrogen and oxygen atoms in total. The molecule has 0 bridgehead atoms. The summed E-state index contributed by atoms with van der Waals surface area (Å²) in [6.45, 7) is 6.18. The van der Waals surface area contributed by atoms with Crippen molar-refractivity contribution < 1.29 is 9.13 Å². The first-order valence-corrected chi connectivity index (χ1v) is 13.8. The molecule has 198 valence electrons. The van der Waals surface area contributed by atoms with Crippen molar-refractivity contribution >= 4 is 27.5 Å². The lowest BCUT2D eigenvalue weighted by atomic mass is 10.0. The minimum atomic E-state index is -0.439. The van der Waals surface area contributed by atoms with E-state index in [0.717, 1.165) is 68.2 Å². The Bertz CT molecular complexity index is 1440. The van der Waals surface area contributed by atoms with Crippen LogP contribution in [-0.2, 0) is 0 Å². The fourth-order valence-electron chi connectivity index (χ4n) is 5.87. The molecule has 2 fully saturated rings. The summed E-state index contributed by atoms with van der Waals surface area (Å²) in [7, 11) is 2.12. The van der Waals surface area contributed by atoms with Crippen molar-refractivity contribution in [3.63, 3.8) is 0 Å². The zero-order chi connectivity index (χ0) is 26.1. The Hall–Kier alpha value is -3.36. The van der Waals surface area contributed by atoms with Crippen molar-refractivity contribution in [2.45, 2.75) is 44.7 Å². The number of anilines is 1. The van der Waals surface area contributed by atoms with Crippen molar-refractivity contribution in [3.8, 4) is 17.3 Å². The number of aromatic nitrogens is 3. The van der Waals surface area contributed by atoms with Gasteiger partial charge in [-0.1, -0.05) is 55.8 Å². The normalized spacial score (nSPS) is 20.4. The number of hydrogen-bond acceptors (Lipinski definition) is 7. The Morgan fingerprint density at radius 2 is 1.95 bits per heavy atom. The van der Waals surface area contributed by atoms with Gasteiger partial charge < -0.3 is 19.9 Å². The van der Waals surface area contributed by atoms with E-state index in [2.05, 4.69) is 39.1 Å². The third-order valence-corrected chi connectivity index (χ3v) is 7.96. The van der Waals surface area contributed by atoms with Crippen molar-refractivity contribution in [1.29, 1.82) is 0 Å². The molecule has 0 amide bonds. The van der Waals surface area contributed by atoms with Gasteiger partial charge in [0.25, 0.3) is 0 Å². The van der Waals surface area contributed by atoms with Crippen LogP contribution in [0.3, 0.4) is 0 Å². The lowest BCUT2D eigenvalue weighted by Crippen LogP contribution is -2.51. The van der Waals surface area contributed by atoms with Crippen LogP contribution in [0.5, 0.6) is 6.01 Å². The average molecular weight is 515 g/mol. The molecule has 2 aliphatic heterocycles. The summed E-state index contributed by atoms with van der Waals surface area (Å²) in [5, 5.41) is 6.22. The van der Waals surface area contributed by atoms with Crippen LogP contribution in [0.15, 0.2) is 48.7 Å². The van der Waals surface area contributed by atoms with Gasteiger partial charge in [-0.3, -0.25) is 4.98 Å². The predicted molar refractivity (Wildman–Crippen MR) is 150 cm³/mol. The number of hydrogen-bond donors (Lipinski definition) is 1. The fraction of sp³-hybridized carbons (Fsp3) is 0.433. The van der Waals surface area contributed by atoms with E-state index in [1.165, 1.54) is 0 Å². The summed E-state index contributed by atoms with van der Waals surface area (Å²) in [6.07, 6.45) is 6.15. The number of likely N-dealkylation sites (tertiary alicyclic amines) is 1. The van der Waals surface area contributed by atoms with Crippen LogP contribution in [0.2, 0.25) is 0 Å². The number of nitrogens with zero attached hydrogens (tertiary/aromatic N) is 5. The van der Waals surface area contributed by atoms with E-state index in [4.69, 9.17) is 9.72 Å². The first kappa shape index (κ1) is 24.9. The van der Waals surface area contributed by atoms with Gasteiger partial charge in [-0.15, -0.1) is 0 Å². The van der Waals surface area contributed by atoms with Gasteiger partial charge in [-0.05, 0) is 43.6 Å².